The van der Waals surface area contributed by atoms with Gasteiger partial charge in [0.1, 0.15) is 5.75 Å². The highest BCUT2D eigenvalue weighted by Gasteiger charge is 2.37. The normalized spacial score (nSPS) is 23.8. The van der Waals surface area contributed by atoms with Gasteiger partial charge in [-0.3, -0.25) is 0 Å². The number of hydrogen-bond acceptors (Lipinski definition) is 3. The van der Waals surface area contributed by atoms with E-state index in [1.54, 1.807) is 19.2 Å². The van der Waals surface area contributed by atoms with Crippen LogP contribution in [0.5, 0.6) is 5.75 Å². The second-order valence-electron chi connectivity index (χ2n) is 3.82. The number of hydrogen-bond donors (Lipinski definition) is 1. The van der Waals surface area contributed by atoms with Gasteiger partial charge in [0.05, 0.1) is 18.7 Å². The highest BCUT2D eigenvalue weighted by molar-refractivity contribution is 6.32. The van der Waals surface area contributed by atoms with Crippen LogP contribution in [0.25, 0.3) is 0 Å². The molecule has 1 aromatic rings. The van der Waals surface area contributed by atoms with Gasteiger partial charge in [-0.1, -0.05) is 17.7 Å². The standard InChI is InChI=1S/C11H12ClNO3/c1-11(6-13-10(14)16-11)7-3-4-9(15-2)8(12)5-7/h3-5H,6H2,1-2H3,(H,13,14). The molecule has 1 unspecified atom stereocenters. The number of amides is 1. The molecule has 1 fully saturated rings. The van der Waals surface area contributed by atoms with E-state index in [0.29, 0.717) is 17.3 Å². The molecule has 1 atom stereocenters. The van der Waals surface area contributed by atoms with Crippen LogP contribution in [0.4, 0.5) is 4.79 Å². The first-order valence-electron chi connectivity index (χ1n) is 4.86. The van der Waals surface area contributed by atoms with E-state index in [9.17, 15) is 4.79 Å². The zero-order chi connectivity index (χ0) is 11.8. The summed E-state index contributed by atoms with van der Waals surface area (Å²) in [6.07, 6.45) is -0.408. The molecule has 4 nitrogen and oxygen atoms in total. The third-order valence-corrected chi connectivity index (χ3v) is 2.95. The first-order chi connectivity index (χ1) is 7.55. The number of halogens is 1. The van der Waals surface area contributed by atoms with Crippen molar-refractivity contribution in [2.24, 2.45) is 0 Å². The molecule has 0 aromatic heterocycles. The number of rotatable bonds is 2. The Balaban J connectivity index is 2.34. The molecule has 16 heavy (non-hydrogen) atoms. The van der Waals surface area contributed by atoms with Gasteiger partial charge in [0.25, 0.3) is 0 Å². The second kappa shape index (κ2) is 3.87. The maximum atomic E-state index is 11.0. The molecule has 1 N–H and O–H groups in total. The number of nitrogens with one attached hydrogen (secondary N) is 1. The minimum Gasteiger partial charge on any atom is -0.495 e. The molecular formula is C11H12ClNO3. The monoisotopic (exact) mass is 241 g/mol. The quantitative estimate of drug-likeness (QED) is 0.864. The Morgan fingerprint density at radius 1 is 1.56 bits per heavy atom. The summed E-state index contributed by atoms with van der Waals surface area (Å²) in [5.74, 6) is 0.603. The van der Waals surface area contributed by atoms with Crippen LogP contribution in [0.1, 0.15) is 12.5 Å². The average molecular weight is 242 g/mol. The highest BCUT2D eigenvalue weighted by Crippen LogP contribution is 2.33. The van der Waals surface area contributed by atoms with Crippen LogP contribution in [0.2, 0.25) is 5.02 Å². The van der Waals surface area contributed by atoms with Gasteiger partial charge in [0.15, 0.2) is 5.60 Å². The molecule has 5 heteroatoms. The van der Waals surface area contributed by atoms with Crippen molar-refractivity contribution in [1.29, 1.82) is 0 Å². The Hall–Kier alpha value is -1.42. The summed E-state index contributed by atoms with van der Waals surface area (Å²) in [5, 5.41) is 3.13. The Labute approximate surface area is 98.5 Å². The topological polar surface area (TPSA) is 47.6 Å². The van der Waals surface area contributed by atoms with Crippen LogP contribution in [0.3, 0.4) is 0 Å². The second-order valence-corrected chi connectivity index (χ2v) is 4.23. The van der Waals surface area contributed by atoms with Crippen molar-refractivity contribution >= 4 is 17.7 Å². The van der Waals surface area contributed by atoms with E-state index in [0.717, 1.165) is 5.56 Å². The minimum atomic E-state index is -0.660. The van der Waals surface area contributed by atoms with E-state index in [4.69, 9.17) is 21.1 Å². The fourth-order valence-corrected chi connectivity index (χ4v) is 1.93. The lowest BCUT2D eigenvalue weighted by Gasteiger charge is -2.22. The van der Waals surface area contributed by atoms with Crippen LogP contribution in [-0.4, -0.2) is 19.7 Å². The SMILES string of the molecule is COc1ccc(C2(C)CNC(=O)O2)cc1Cl. The number of alkyl carbamates (subject to hydrolysis) is 1. The average Bonchev–Trinajstić information content (AvgIpc) is 2.60. The number of cyclic esters (lactones) is 1. The molecule has 1 heterocycles. The number of carbonyl (C=O) groups is 1. The van der Waals surface area contributed by atoms with Gasteiger partial charge in [-0.2, -0.15) is 0 Å². The van der Waals surface area contributed by atoms with Crippen molar-refractivity contribution in [2.75, 3.05) is 13.7 Å². The molecule has 0 radical (unpaired) electrons. The molecular weight excluding hydrogens is 230 g/mol. The summed E-state index contributed by atoms with van der Waals surface area (Å²) in [4.78, 5) is 11.0. The smallest absolute Gasteiger partial charge is 0.408 e. The van der Waals surface area contributed by atoms with E-state index in [2.05, 4.69) is 5.32 Å². The Morgan fingerprint density at radius 2 is 2.31 bits per heavy atom. The summed E-state index contributed by atoms with van der Waals surface area (Å²) < 4.78 is 10.3. The van der Waals surface area contributed by atoms with Crippen molar-refractivity contribution in [2.45, 2.75) is 12.5 Å². The molecule has 1 saturated heterocycles. The molecule has 2 rings (SSSR count). The molecule has 86 valence electrons. The predicted molar refractivity (Wildman–Crippen MR) is 59.8 cm³/mol. The Kier molecular flexibility index (Phi) is 2.68. The predicted octanol–water partition coefficient (Wildman–Crippen LogP) is 2.30. The molecule has 0 spiro atoms. The van der Waals surface area contributed by atoms with Gasteiger partial charge in [0.2, 0.25) is 0 Å². The number of ether oxygens (including phenoxy) is 2. The van der Waals surface area contributed by atoms with Crippen molar-refractivity contribution in [3.05, 3.63) is 28.8 Å². The number of benzene rings is 1. The number of carbonyl (C=O) groups excluding carboxylic acids is 1. The van der Waals surface area contributed by atoms with Gasteiger partial charge in [-0.05, 0) is 24.6 Å². The van der Waals surface area contributed by atoms with Crippen molar-refractivity contribution in [3.8, 4) is 5.75 Å². The first-order valence-corrected chi connectivity index (χ1v) is 5.24. The Morgan fingerprint density at radius 3 is 2.81 bits per heavy atom. The third kappa shape index (κ3) is 1.80. The van der Waals surface area contributed by atoms with Gasteiger partial charge < -0.3 is 14.8 Å². The zero-order valence-corrected chi connectivity index (χ0v) is 9.80. The van der Waals surface area contributed by atoms with E-state index in [-0.39, 0.29) is 0 Å². The van der Waals surface area contributed by atoms with Crippen molar-refractivity contribution in [1.82, 2.24) is 5.32 Å². The fourth-order valence-electron chi connectivity index (χ4n) is 1.67. The molecule has 1 aliphatic rings. The van der Waals surface area contributed by atoms with Crippen LogP contribution in [0.15, 0.2) is 18.2 Å². The van der Waals surface area contributed by atoms with E-state index in [1.807, 2.05) is 13.0 Å². The summed E-state index contributed by atoms with van der Waals surface area (Å²) in [5.41, 5.74) is 0.184. The zero-order valence-electron chi connectivity index (χ0n) is 9.04. The molecule has 1 aromatic carbocycles. The number of methoxy groups -OCH3 is 1. The summed E-state index contributed by atoms with van der Waals surface area (Å²) >= 11 is 6.02. The summed E-state index contributed by atoms with van der Waals surface area (Å²) in [6, 6.07) is 5.35. The van der Waals surface area contributed by atoms with Crippen LogP contribution >= 0.6 is 11.6 Å². The van der Waals surface area contributed by atoms with Gasteiger partial charge in [-0.15, -0.1) is 0 Å². The Bertz CT molecular complexity index is 435. The van der Waals surface area contributed by atoms with Crippen LogP contribution in [0, 0.1) is 0 Å². The maximum absolute atomic E-state index is 11.0. The lowest BCUT2D eigenvalue weighted by Crippen LogP contribution is -2.26. The van der Waals surface area contributed by atoms with Gasteiger partial charge in [-0.25, -0.2) is 4.79 Å². The minimum absolute atomic E-state index is 0.408. The van der Waals surface area contributed by atoms with Crippen LogP contribution in [-0.2, 0) is 10.3 Å². The van der Waals surface area contributed by atoms with Crippen molar-refractivity contribution in [3.63, 3.8) is 0 Å². The van der Waals surface area contributed by atoms with Crippen molar-refractivity contribution < 1.29 is 14.3 Å². The lowest BCUT2D eigenvalue weighted by molar-refractivity contribution is 0.0704. The van der Waals surface area contributed by atoms with Crippen LogP contribution < -0.4 is 10.1 Å². The van der Waals surface area contributed by atoms with E-state index < -0.39 is 11.7 Å². The molecule has 0 saturated carbocycles. The molecule has 0 bridgehead atoms. The summed E-state index contributed by atoms with van der Waals surface area (Å²) in [6.45, 7) is 2.28. The molecule has 0 aliphatic carbocycles. The van der Waals surface area contributed by atoms with E-state index in [1.165, 1.54) is 0 Å². The molecule has 1 amide bonds. The summed E-state index contributed by atoms with van der Waals surface area (Å²) in [7, 11) is 1.56. The highest BCUT2D eigenvalue weighted by atomic mass is 35.5. The largest absolute Gasteiger partial charge is 0.495 e. The third-order valence-electron chi connectivity index (χ3n) is 2.65. The van der Waals surface area contributed by atoms with Gasteiger partial charge >= 0.3 is 6.09 Å². The fraction of sp³-hybridized carbons (Fsp3) is 0.364. The lowest BCUT2D eigenvalue weighted by atomic mass is 9.96. The van der Waals surface area contributed by atoms with E-state index >= 15 is 0 Å². The first kappa shape index (κ1) is 11.1. The molecule has 1 aliphatic heterocycles. The maximum Gasteiger partial charge on any atom is 0.408 e. The van der Waals surface area contributed by atoms with Gasteiger partial charge in [0, 0.05) is 0 Å².